The van der Waals surface area contributed by atoms with Gasteiger partial charge in [0, 0.05) is 49.9 Å². The second-order valence-corrected chi connectivity index (χ2v) is 10.6. The van der Waals surface area contributed by atoms with Crippen molar-refractivity contribution in [2.24, 2.45) is 5.92 Å². The van der Waals surface area contributed by atoms with E-state index in [4.69, 9.17) is 11.6 Å². The molecule has 1 aliphatic rings. The zero-order valence-corrected chi connectivity index (χ0v) is 19.9. The largest absolute Gasteiger partial charge is 0.305 e. The van der Waals surface area contributed by atoms with Crippen molar-refractivity contribution in [1.82, 2.24) is 19.1 Å². The molecule has 0 radical (unpaired) electrons. The fourth-order valence-corrected chi connectivity index (χ4v) is 5.98. The number of amides is 1. The van der Waals surface area contributed by atoms with Crippen molar-refractivity contribution in [1.29, 1.82) is 0 Å². The summed E-state index contributed by atoms with van der Waals surface area (Å²) in [4.78, 5) is 16.8. The maximum absolute atomic E-state index is 13.2. The Labute approximate surface area is 198 Å². The first kappa shape index (κ1) is 23.4. The van der Waals surface area contributed by atoms with Crippen molar-refractivity contribution >= 4 is 33.3 Å². The molecular weight excluding hydrogens is 462 g/mol. The number of aryl methyl sites for hydroxylation is 2. The lowest BCUT2D eigenvalue weighted by atomic mass is 10.0. The van der Waals surface area contributed by atoms with Gasteiger partial charge in [-0.15, -0.1) is 0 Å². The Hall–Kier alpha value is -2.75. The summed E-state index contributed by atoms with van der Waals surface area (Å²) >= 11 is 6.23. The first-order chi connectivity index (χ1) is 15.8. The van der Waals surface area contributed by atoms with Crippen LogP contribution in [-0.4, -0.2) is 46.5 Å². The van der Waals surface area contributed by atoms with Gasteiger partial charge < -0.3 is 5.32 Å². The minimum atomic E-state index is -3.79. The van der Waals surface area contributed by atoms with Crippen molar-refractivity contribution < 1.29 is 13.2 Å². The predicted molar refractivity (Wildman–Crippen MR) is 127 cm³/mol. The Morgan fingerprint density at radius 1 is 1.21 bits per heavy atom. The van der Waals surface area contributed by atoms with E-state index < -0.39 is 15.9 Å². The molecule has 33 heavy (non-hydrogen) atoms. The molecule has 2 aromatic heterocycles. The van der Waals surface area contributed by atoms with Crippen LogP contribution >= 0.6 is 11.6 Å². The number of anilines is 1. The number of halogens is 1. The van der Waals surface area contributed by atoms with Gasteiger partial charge in [0.05, 0.1) is 5.02 Å². The summed E-state index contributed by atoms with van der Waals surface area (Å²) in [6, 6.07) is 9.89. The number of aromatic nitrogens is 3. The van der Waals surface area contributed by atoms with Gasteiger partial charge in [-0.05, 0) is 61.1 Å². The van der Waals surface area contributed by atoms with Gasteiger partial charge in [-0.1, -0.05) is 18.5 Å². The highest BCUT2D eigenvalue weighted by Gasteiger charge is 2.31. The second kappa shape index (κ2) is 10.0. The second-order valence-electron chi connectivity index (χ2n) is 8.28. The van der Waals surface area contributed by atoms with Crippen molar-refractivity contribution in [2.45, 2.75) is 37.6 Å². The highest BCUT2D eigenvalue weighted by Crippen LogP contribution is 2.29. The molecule has 1 amide bonds. The molecule has 8 nitrogen and oxygen atoms in total. The van der Waals surface area contributed by atoms with Gasteiger partial charge in [0.15, 0.2) is 5.82 Å². The Bertz CT molecular complexity index is 1230. The molecule has 10 heteroatoms. The minimum Gasteiger partial charge on any atom is -0.305 e. The molecule has 3 aromatic rings. The van der Waals surface area contributed by atoms with Crippen molar-refractivity contribution in [3.63, 3.8) is 0 Å². The number of pyridine rings is 1. The average Bonchev–Trinajstić information content (AvgIpc) is 3.25. The van der Waals surface area contributed by atoms with E-state index in [-0.39, 0.29) is 21.4 Å². The zero-order chi connectivity index (χ0) is 23.4. The Morgan fingerprint density at radius 2 is 2.00 bits per heavy atom. The number of carbonyl (C=O) groups is 1. The highest BCUT2D eigenvalue weighted by atomic mass is 35.5. The van der Waals surface area contributed by atoms with Crippen molar-refractivity contribution in [3.05, 3.63) is 71.1 Å². The normalized spacial score (nSPS) is 17.1. The SMILES string of the molecule is CC1CCCN(S(=O)(=O)c2cc(C(=O)Nc3ccn(CCc4ccncc4)n3)ccc2Cl)C1. The number of benzene rings is 1. The maximum Gasteiger partial charge on any atom is 0.256 e. The van der Waals surface area contributed by atoms with E-state index in [1.807, 2.05) is 19.1 Å². The lowest BCUT2D eigenvalue weighted by Crippen LogP contribution is -2.39. The standard InChI is InChI=1S/C23H26ClN5O3S/c1-17-3-2-12-29(16-17)33(31,32)21-15-19(4-5-20(21)24)23(30)26-22-9-14-28(27-22)13-8-18-6-10-25-11-7-18/h4-7,9-11,14-15,17H,2-3,8,12-13,16H2,1H3,(H,26,27,30). The van der Waals surface area contributed by atoms with Crippen LogP contribution < -0.4 is 5.32 Å². The topological polar surface area (TPSA) is 97.2 Å². The molecule has 1 aliphatic heterocycles. The van der Waals surface area contributed by atoms with Crippen LogP contribution in [0.15, 0.2) is 59.9 Å². The smallest absolute Gasteiger partial charge is 0.256 e. The zero-order valence-electron chi connectivity index (χ0n) is 18.3. The van der Waals surface area contributed by atoms with Gasteiger partial charge in [-0.2, -0.15) is 9.40 Å². The number of hydrogen-bond donors (Lipinski definition) is 1. The van der Waals surface area contributed by atoms with E-state index in [9.17, 15) is 13.2 Å². The predicted octanol–water partition coefficient (Wildman–Crippen LogP) is 3.85. The van der Waals surface area contributed by atoms with Crippen LogP contribution in [0.4, 0.5) is 5.82 Å². The van der Waals surface area contributed by atoms with Gasteiger partial charge >= 0.3 is 0 Å². The quantitative estimate of drug-likeness (QED) is 0.546. The Balaban J connectivity index is 1.45. The van der Waals surface area contributed by atoms with Crippen LogP contribution in [0.1, 0.15) is 35.7 Å². The summed E-state index contributed by atoms with van der Waals surface area (Å²) in [5, 5.41) is 7.21. The van der Waals surface area contributed by atoms with Gasteiger partial charge in [-0.25, -0.2) is 8.42 Å². The fourth-order valence-electron chi connectivity index (χ4n) is 3.88. The summed E-state index contributed by atoms with van der Waals surface area (Å²) in [7, 11) is -3.79. The van der Waals surface area contributed by atoms with Crippen molar-refractivity contribution in [2.75, 3.05) is 18.4 Å². The van der Waals surface area contributed by atoms with Gasteiger partial charge in [-0.3, -0.25) is 14.5 Å². The third kappa shape index (κ3) is 5.61. The fraction of sp³-hybridized carbons (Fsp3) is 0.348. The van der Waals surface area contributed by atoms with Crippen LogP contribution in [0.2, 0.25) is 5.02 Å². The van der Waals surface area contributed by atoms with Crippen LogP contribution in [0.5, 0.6) is 0 Å². The molecule has 1 unspecified atom stereocenters. The molecule has 0 bridgehead atoms. The molecule has 4 rings (SSSR count). The Kier molecular flexibility index (Phi) is 7.11. The number of nitrogens with zero attached hydrogens (tertiary/aromatic N) is 4. The molecule has 0 spiro atoms. The first-order valence-electron chi connectivity index (χ1n) is 10.9. The molecule has 1 fully saturated rings. The monoisotopic (exact) mass is 487 g/mol. The van der Waals surface area contributed by atoms with Crippen molar-refractivity contribution in [3.8, 4) is 0 Å². The average molecular weight is 488 g/mol. The lowest BCUT2D eigenvalue weighted by molar-refractivity contribution is 0.102. The molecule has 174 valence electrons. The molecule has 1 saturated heterocycles. The third-order valence-corrected chi connectivity index (χ3v) is 8.04. The minimum absolute atomic E-state index is 0.0474. The van der Waals surface area contributed by atoms with Crippen LogP contribution in [0.3, 0.4) is 0 Å². The highest BCUT2D eigenvalue weighted by molar-refractivity contribution is 7.89. The molecule has 1 atom stereocenters. The number of hydrogen-bond acceptors (Lipinski definition) is 5. The first-order valence-corrected chi connectivity index (χ1v) is 12.7. The van der Waals surface area contributed by atoms with Gasteiger partial charge in [0.1, 0.15) is 4.90 Å². The number of sulfonamides is 1. The number of rotatable bonds is 7. The molecule has 0 saturated carbocycles. The van der Waals surface area contributed by atoms with Crippen LogP contribution in [-0.2, 0) is 23.0 Å². The van der Waals surface area contributed by atoms with Gasteiger partial charge in [0.2, 0.25) is 10.0 Å². The summed E-state index contributed by atoms with van der Waals surface area (Å²) in [6.45, 7) is 3.59. The summed E-state index contributed by atoms with van der Waals surface area (Å²) < 4.78 is 29.5. The summed E-state index contributed by atoms with van der Waals surface area (Å²) in [6.07, 6.45) is 7.86. The maximum atomic E-state index is 13.2. The summed E-state index contributed by atoms with van der Waals surface area (Å²) in [5.74, 6) is 0.223. The molecule has 1 N–H and O–H groups in total. The van der Waals surface area contributed by atoms with E-state index in [0.29, 0.717) is 25.5 Å². The van der Waals surface area contributed by atoms with E-state index >= 15 is 0 Å². The molecule has 3 heterocycles. The van der Waals surface area contributed by atoms with E-state index in [1.54, 1.807) is 29.3 Å². The number of piperidine rings is 1. The summed E-state index contributed by atoms with van der Waals surface area (Å²) in [5.41, 5.74) is 1.35. The van der Waals surface area contributed by atoms with Gasteiger partial charge in [0.25, 0.3) is 5.91 Å². The lowest BCUT2D eigenvalue weighted by Gasteiger charge is -2.30. The van der Waals surface area contributed by atoms with E-state index in [2.05, 4.69) is 15.4 Å². The molecule has 1 aromatic carbocycles. The molecule has 0 aliphatic carbocycles. The van der Waals surface area contributed by atoms with Crippen LogP contribution in [0.25, 0.3) is 0 Å². The third-order valence-electron chi connectivity index (χ3n) is 5.69. The Morgan fingerprint density at radius 3 is 2.76 bits per heavy atom. The molecular formula is C23H26ClN5O3S. The number of carbonyl (C=O) groups excluding carboxylic acids is 1. The van der Waals surface area contributed by atoms with E-state index in [1.165, 1.54) is 22.5 Å². The number of nitrogens with one attached hydrogen (secondary N) is 1. The van der Waals surface area contributed by atoms with Crippen LogP contribution in [0, 0.1) is 5.92 Å². The van der Waals surface area contributed by atoms with E-state index in [0.717, 1.165) is 24.8 Å².